The Balaban J connectivity index is 1.57. The molecule has 0 atom stereocenters. The summed E-state index contributed by atoms with van der Waals surface area (Å²) in [6.45, 7) is -0.844. The van der Waals surface area contributed by atoms with Crippen LogP contribution in [0.15, 0.2) is 36.4 Å². The third-order valence-corrected chi connectivity index (χ3v) is 4.54. The summed E-state index contributed by atoms with van der Waals surface area (Å²) in [6, 6.07) is 9.60. The Kier molecular flexibility index (Phi) is 5.99. The van der Waals surface area contributed by atoms with Crippen LogP contribution in [0.1, 0.15) is 12.5 Å². The van der Waals surface area contributed by atoms with Gasteiger partial charge in [0.05, 0.1) is 11.6 Å². The van der Waals surface area contributed by atoms with Crippen LogP contribution in [-0.4, -0.2) is 31.5 Å². The molecule has 28 heavy (non-hydrogen) atoms. The molecule has 1 aliphatic rings. The van der Waals surface area contributed by atoms with Gasteiger partial charge in [0.1, 0.15) is 5.75 Å². The van der Waals surface area contributed by atoms with E-state index in [0.29, 0.717) is 17.9 Å². The topological polar surface area (TPSA) is 70.7 Å². The first-order valence-corrected chi connectivity index (χ1v) is 8.90. The minimum Gasteiger partial charge on any atom is -0.433 e. The largest absolute Gasteiger partial charge is 0.433 e. The van der Waals surface area contributed by atoms with E-state index in [4.69, 9.17) is 11.6 Å². The van der Waals surface area contributed by atoms with Crippen molar-refractivity contribution in [3.05, 3.63) is 47.0 Å². The Morgan fingerprint density at radius 2 is 1.96 bits per heavy atom. The Bertz CT molecular complexity index is 908. The second-order valence-electron chi connectivity index (χ2n) is 6.19. The number of halogens is 3. The van der Waals surface area contributed by atoms with Crippen LogP contribution < -0.4 is 20.3 Å². The number of carbonyl (C=O) groups is 2. The van der Waals surface area contributed by atoms with E-state index in [0.717, 1.165) is 17.7 Å². The third kappa shape index (κ3) is 4.69. The predicted octanol–water partition coefficient (Wildman–Crippen LogP) is 3.90. The van der Waals surface area contributed by atoms with Gasteiger partial charge in [0.15, 0.2) is 0 Å². The number of ether oxygens (including phenoxy) is 1. The molecule has 2 amide bonds. The summed E-state index contributed by atoms with van der Waals surface area (Å²) in [5.74, 6) is -0.432. The number of nitrogens with zero attached hydrogens (tertiary/aromatic N) is 1. The Morgan fingerprint density at radius 1 is 1.21 bits per heavy atom. The van der Waals surface area contributed by atoms with Crippen molar-refractivity contribution in [2.24, 2.45) is 0 Å². The second kappa shape index (κ2) is 8.43. The lowest BCUT2D eigenvalue weighted by atomic mass is 10.1. The zero-order valence-corrected chi connectivity index (χ0v) is 15.7. The Morgan fingerprint density at radius 3 is 2.64 bits per heavy atom. The van der Waals surface area contributed by atoms with Crippen molar-refractivity contribution in [3.63, 3.8) is 0 Å². The third-order valence-electron chi connectivity index (χ3n) is 4.24. The first-order chi connectivity index (χ1) is 13.3. The number of fused-ring (bicyclic) bond motifs is 1. The van der Waals surface area contributed by atoms with Gasteiger partial charge in [0.25, 0.3) is 0 Å². The maximum absolute atomic E-state index is 12.2. The summed E-state index contributed by atoms with van der Waals surface area (Å²) >= 11 is 5.88. The van der Waals surface area contributed by atoms with E-state index in [-0.39, 0.29) is 29.1 Å². The predicted molar refractivity (Wildman–Crippen MR) is 103 cm³/mol. The summed E-state index contributed by atoms with van der Waals surface area (Å²) < 4.78 is 28.7. The van der Waals surface area contributed by atoms with Crippen LogP contribution >= 0.6 is 11.6 Å². The lowest BCUT2D eigenvalue weighted by Crippen LogP contribution is -2.25. The number of anilines is 3. The van der Waals surface area contributed by atoms with Gasteiger partial charge in [-0.2, -0.15) is 8.78 Å². The van der Waals surface area contributed by atoms with E-state index in [1.807, 2.05) is 12.1 Å². The number of rotatable bonds is 6. The van der Waals surface area contributed by atoms with Gasteiger partial charge in [-0.3, -0.25) is 9.59 Å². The van der Waals surface area contributed by atoms with Gasteiger partial charge >= 0.3 is 6.61 Å². The van der Waals surface area contributed by atoms with Crippen LogP contribution in [-0.2, 0) is 16.0 Å². The fourth-order valence-corrected chi connectivity index (χ4v) is 3.22. The van der Waals surface area contributed by atoms with Crippen molar-refractivity contribution >= 4 is 40.5 Å². The molecular formula is C19H18ClF2N3O3. The highest BCUT2D eigenvalue weighted by Gasteiger charge is 2.22. The standard InChI is InChI=1S/C19H18ClF2N3O3/c1-11(26)25-7-6-12-8-14(2-4-16(12)25)24-18(27)10-23-13-3-5-17(15(20)9-13)28-19(21)22/h2-5,8-9,19,23H,6-7,10H2,1H3,(H,24,27). The molecule has 3 rings (SSSR count). The average Bonchev–Trinajstić information content (AvgIpc) is 3.05. The number of benzene rings is 2. The molecule has 0 aromatic heterocycles. The fraction of sp³-hybridized carbons (Fsp3) is 0.263. The molecule has 1 aliphatic heterocycles. The lowest BCUT2D eigenvalue weighted by molar-refractivity contribution is -0.116. The van der Waals surface area contributed by atoms with Crippen LogP contribution in [0.4, 0.5) is 25.8 Å². The molecule has 0 radical (unpaired) electrons. The van der Waals surface area contributed by atoms with Crippen molar-refractivity contribution < 1.29 is 23.1 Å². The van der Waals surface area contributed by atoms with E-state index >= 15 is 0 Å². The smallest absolute Gasteiger partial charge is 0.387 e. The van der Waals surface area contributed by atoms with Crippen molar-refractivity contribution in [1.29, 1.82) is 0 Å². The van der Waals surface area contributed by atoms with E-state index in [9.17, 15) is 18.4 Å². The molecule has 0 bridgehead atoms. The van der Waals surface area contributed by atoms with Gasteiger partial charge in [-0.05, 0) is 48.4 Å². The van der Waals surface area contributed by atoms with Crippen LogP contribution in [0.25, 0.3) is 0 Å². The Labute approximate surface area is 165 Å². The summed E-state index contributed by atoms with van der Waals surface area (Å²) in [5.41, 5.74) is 2.99. The molecule has 0 saturated heterocycles. The number of nitrogens with one attached hydrogen (secondary N) is 2. The highest BCUT2D eigenvalue weighted by molar-refractivity contribution is 6.32. The summed E-state index contributed by atoms with van der Waals surface area (Å²) in [6.07, 6.45) is 0.739. The highest BCUT2D eigenvalue weighted by Crippen LogP contribution is 2.31. The van der Waals surface area contributed by atoms with Gasteiger partial charge in [-0.25, -0.2) is 0 Å². The van der Waals surface area contributed by atoms with E-state index in [1.54, 1.807) is 11.0 Å². The van der Waals surface area contributed by atoms with Gasteiger partial charge in [-0.1, -0.05) is 11.6 Å². The Hall–Kier alpha value is -2.87. The zero-order valence-electron chi connectivity index (χ0n) is 15.0. The maximum atomic E-state index is 12.2. The lowest BCUT2D eigenvalue weighted by Gasteiger charge is -2.15. The van der Waals surface area contributed by atoms with Crippen molar-refractivity contribution in [1.82, 2.24) is 0 Å². The van der Waals surface area contributed by atoms with E-state index < -0.39 is 6.61 Å². The second-order valence-corrected chi connectivity index (χ2v) is 6.60. The summed E-state index contributed by atoms with van der Waals surface area (Å²) in [5, 5.41) is 5.66. The van der Waals surface area contributed by atoms with Crippen molar-refractivity contribution in [3.8, 4) is 5.75 Å². The molecule has 2 aromatic carbocycles. The molecule has 0 saturated carbocycles. The van der Waals surface area contributed by atoms with Crippen molar-refractivity contribution in [2.45, 2.75) is 20.0 Å². The summed E-state index contributed by atoms with van der Waals surface area (Å²) in [4.78, 5) is 25.4. The minimum absolute atomic E-state index is 0.0108. The van der Waals surface area contributed by atoms with E-state index in [1.165, 1.54) is 25.1 Å². The minimum atomic E-state index is -2.96. The number of carbonyl (C=O) groups excluding carboxylic acids is 2. The molecule has 6 nitrogen and oxygen atoms in total. The zero-order chi connectivity index (χ0) is 20.3. The molecular weight excluding hydrogens is 392 g/mol. The normalized spacial score (nSPS) is 12.7. The SMILES string of the molecule is CC(=O)N1CCc2cc(NC(=O)CNc3ccc(OC(F)F)c(Cl)c3)ccc21. The van der Waals surface area contributed by atoms with Gasteiger partial charge in [0.2, 0.25) is 11.8 Å². The molecule has 0 spiro atoms. The van der Waals surface area contributed by atoms with Crippen molar-refractivity contribution in [2.75, 3.05) is 28.6 Å². The molecule has 1 heterocycles. The first-order valence-electron chi connectivity index (χ1n) is 8.52. The number of amides is 2. The first kappa shape index (κ1) is 19.9. The molecule has 0 aliphatic carbocycles. The number of hydrogen-bond donors (Lipinski definition) is 2. The van der Waals surface area contributed by atoms with Crippen LogP contribution in [0.2, 0.25) is 5.02 Å². The van der Waals surface area contributed by atoms with E-state index in [2.05, 4.69) is 15.4 Å². The number of hydrogen-bond acceptors (Lipinski definition) is 4. The quantitative estimate of drug-likeness (QED) is 0.759. The molecule has 2 aromatic rings. The molecule has 148 valence electrons. The van der Waals surface area contributed by atoms with Crippen LogP contribution in [0.3, 0.4) is 0 Å². The summed E-state index contributed by atoms with van der Waals surface area (Å²) in [7, 11) is 0. The highest BCUT2D eigenvalue weighted by atomic mass is 35.5. The van der Waals surface area contributed by atoms with Gasteiger partial charge in [-0.15, -0.1) is 0 Å². The molecule has 0 fully saturated rings. The monoisotopic (exact) mass is 409 g/mol. The van der Waals surface area contributed by atoms with Gasteiger partial charge in [0, 0.05) is 30.5 Å². The fourth-order valence-electron chi connectivity index (χ4n) is 3.00. The van der Waals surface area contributed by atoms with Crippen LogP contribution in [0.5, 0.6) is 5.75 Å². The average molecular weight is 410 g/mol. The molecule has 9 heteroatoms. The number of alkyl halides is 2. The molecule has 2 N–H and O–H groups in total. The molecule has 0 unspecified atom stereocenters. The van der Waals surface area contributed by atoms with Gasteiger partial charge < -0.3 is 20.3 Å². The van der Waals surface area contributed by atoms with Crippen LogP contribution in [0, 0.1) is 0 Å². The maximum Gasteiger partial charge on any atom is 0.387 e.